The number of halogens is 2. The molecule has 20 heavy (non-hydrogen) atoms. The first kappa shape index (κ1) is 13.5. The molecule has 2 aromatic heterocycles. The molecule has 0 fully saturated rings. The monoisotopic (exact) mass is 306 g/mol. The minimum Gasteiger partial charge on any atom is -0.217 e. The van der Waals surface area contributed by atoms with Crippen molar-refractivity contribution in [2.45, 2.75) is 20.3 Å². The van der Waals surface area contributed by atoms with Gasteiger partial charge in [0.05, 0.1) is 5.56 Å². The van der Waals surface area contributed by atoms with Crippen LogP contribution in [0.4, 0.5) is 4.39 Å². The molecule has 102 valence electrons. The van der Waals surface area contributed by atoms with Crippen LogP contribution in [0.3, 0.4) is 0 Å². The Morgan fingerprint density at radius 2 is 2.05 bits per heavy atom. The van der Waals surface area contributed by atoms with Crippen LogP contribution in [0.25, 0.3) is 21.6 Å². The van der Waals surface area contributed by atoms with E-state index in [9.17, 15) is 4.39 Å². The quantitative estimate of drug-likeness (QED) is 0.621. The van der Waals surface area contributed by atoms with Crippen molar-refractivity contribution in [3.05, 3.63) is 45.7 Å². The van der Waals surface area contributed by atoms with E-state index in [1.165, 1.54) is 10.9 Å². The highest BCUT2D eigenvalue weighted by molar-refractivity contribution is 7.18. The molecule has 0 aliphatic rings. The standard InChI is InChI=1S/C15H12ClFN2S/c1-3-9-7-11-13(16)18-14(19-15(11)20-9)10-5-4-8(2)6-12(10)17/h4-7H,3H2,1-2H3. The minimum absolute atomic E-state index is 0.326. The van der Waals surface area contributed by atoms with E-state index in [0.29, 0.717) is 16.5 Å². The molecule has 2 heterocycles. The van der Waals surface area contributed by atoms with Crippen LogP contribution in [-0.4, -0.2) is 9.97 Å². The van der Waals surface area contributed by atoms with Gasteiger partial charge in [0.2, 0.25) is 0 Å². The fourth-order valence-electron chi connectivity index (χ4n) is 2.03. The van der Waals surface area contributed by atoms with Crippen LogP contribution < -0.4 is 0 Å². The summed E-state index contributed by atoms with van der Waals surface area (Å²) in [6.45, 7) is 3.92. The van der Waals surface area contributed by atoms with Gasteiger partial charge in [-0.3, -0.25) is 0 Å². The number of fused-ring (bicyclic) bond motifs is 1. The van der Waals surface area contributed by atoms with Crippen LogP contribution in [-0.2, 0) is 6.42 Å². The second-order valence-electron chi connectivity index (χ2n) is 4.61. The highest BCUT2D eigenvalue weighted by Crippen LogP contribution is 2.32. The van der Waals surface area contributed by atoms with Crippen LogP contribution in [0.5, 0.6) is 0 Å². The molecule has 0 spiro atoms. The average Bonchev–Trinajstić information content (AvgIpc) is 2.82. The number of aryl methyl sites for hydroxylation is 2. The maximum Gasteiger partial charge on any atom is 0.165 e. The summed E-state index contributed by atoms with van der Waals surface area (Å²) in [6, 6.07) is 7.00. The Morgan fingerprint density at radius 3 is 2.75 bits per heavy atom. The summed E-state index contributed by atoms with van der Waals surface area (Å²) < 4.78 is 14.0. The SMILES string of the molecule is CCc1cc2c(Cl)nc(-c3ccc(C)cc3F)nc2s1. The van der Waals surface area contributed by atoms with Crippen LogP contribution in [0.15, 0.2) is 24.3 Å². The van der Waals surface area contributed by atoms with Crippen LogP contribution in [0, 0.1) is 12.7 Å². The summed E-state index contributed by atoms with van der Waals surface area (Å²) in [7, 11) is 0. The molecule has 3 aromatic rings. The Hall–Kier alpha value is -1.52. The van der Waals surface area contributed by atoms with Crippen molar-refractivity contribution in [3.8, 4) is 11.4 Å². The Kier molecular flexibility index (Phi) is 3.44. The third kappa shape index (κ3) is 2.30. The largest absolute Gasteiger partial charge is 0.217 e. The summed E-state index contributed by atoms with van der Waals surface area (Å²) >= 11 is 7.77. The molecule has 0 N–H and O–H groups in total. The third-order valence-corrected chi connectivity index (χ3v) is 4.57. The van der Waals surface area contributed by atoms with Crippen molar-refractivity contribution in [1.82, 2.24) is 9.97 Å². The molecule has 0 atom stereocenters. The maximum atomic E-state index is 14.0. The number of aromatic nitrogens is 2. The van der Waals surface area contributed by atoms with Gasteiger partial charge in [-0.1, -0.05) is 24.6 Å². The van der Waals surface area contributed by atoms with E-state index in [1.54, 1.807) is 17.4 Å². The van der Waals surface area contributed by atoms with Crippen molar-refractivity contribution in [2.24, 2.45) is 0 Å². The van der Waals surface area contributed by atoms with Gasteiger partial charge in [0.25, 0.3) is 0 Å². The fraction of sp³-hybridized carbons (Fsp3) is 0.200. The zero-order valence-electron chi connectivity index (χ0n) is 11.1. The van der Waals surface area contributed by atoms with Crippen molar-refractivity contribution in [1.29, 1.82) is 0 Å². The van der Waals surface area contributed by atoms with E-state index in [2.05, 4.69) is 16.9 Å². The molecule has 0 bridgehead atoms. The molecule has 0 amide bonds. The summed E-state index contributed by atoms with van der Waals surface area (Å²) in [4.78, 5) is 10.7. The number of hydrogen-bond acceptors (Lipinski definition) is 3. The van der Waals surface area contributed by atoms with E-state index in [4.69, 9.17) is 11.6 Å². The average molecular weight is 307 g/mol. The molecule has 5 heteroatoms. The molecule has 0 saturated heterocycles. The predicted octanol–water partition coefficient (Wildman–Crippen LogP) is 5.02. The molecule has 3 rings (SSSR count). The molecular weight excluding hydrogens is 295 g/mol. The first-order chi connectivity index (χ1) is 9.58. The van der Waals surface area contributed by atoms with Crippen molar-refractivity contribution in [3.63, 3.8) is 0 Å². The van der Waals surface area contributed by atoms with Crippen LogP contribution in [0.1, 0.15) is 17.4 Å². The molecule has 1 aromatic carbocycles. The van der Waals surface area contributed by atoms with Gasteiger partial charge in [-0.25, -0.2) is 14.4 Å². The molecule has 0 saturated carbocycles. The minimum atomic E-state index is -0.326. The molecule has 2 nitrogen and oxygen atoms in total. The lowest BCUT2D eigenvalue weighted by Crippen LogP contribution is -1.93. The predicted molar refractivity (Wildman–Crippen MR) is 81.9 cm³/mol. The smallest absolute Gasteiger partial charge is 0.165 e. The van der Waals surface area contributed by atoms with Gasteiger partial charge in [-0.15, -0.1) is 11.3 Å². The lowest BCUT2D eigenvalue weighted by molar-refractivity contribution is 0.629. The number of hydrogen-bond donors (Lipinski definition) is 0. The van der Waals surface area contributed by atoms with Crippen LogP contribution in [0.2, 0.25) is 5.15 Å². The molecule has 0 radical (unpaired) electrons. The first-order valence-corrected chi connectivity index (χ1v) is 7.50. The van der Waals surface area contributed by atoms with Gasteiger partial charge in [0.1, 0.15) is 15.8 Å². The molecular formula is C15H12ClFN2S. The van der Waals surface area contributed by atoms with Gasteiger partial charge in [0, 0.05) is 10.3 Å². The van der Waals surface area contributed by atoms with Crippen molar-refractivity contribution < 1.29 is 4.39 Å². The number of thiophene rings is 1. The summed E-state index contributed by atoms with van der Waals surface area (Å²) in [5.41, 5.74) is 1.24. The van der Waals surface area contributed by atoms with Gasteiger partial charge >= 0.3 is 0 Å². The first-order valence-electron chi connectivity index (χ1n) is 6.31. The van der Waals surface area contributed by atoms with E-state index in [-0.39, 0.29) is 5.82 Å². The maximum absolute atomic E-state index is 14.0. The van der Waals surface area contributed by atoms with Crippen molar-refractivity contribution >= 4 is 33.2 Å². The topological polar surface area (TPSA) is 25.8 Å². The number of rotatable bonds is 2. The second kappa shape index (κ2) is 5.11. The molecule has 0 aliphatic heterocycles. The van der Waals surface area contributed by atoms with E-state index >= 15 is 0 Å². The highest BCUT2D eigenvalue weighted by Gasteiger charge is 2.13. The zero-order chi connectivity index (χ0) is 14.3. The van der Waals surface area contributed by atoms with Gasteiger partial charge < -0.3 is 0 Å². The normalized spacial score (nSPS) is 11.2. The van der Waals surface area contributed by atoms with E-state index in [1.807, 2.05) is 19.1 Å². The number of benzene rings is 1. The highest BCUT2D eigenvalue weighted by atomic mass is 35.5. The lowest BCUT2D eigenvalue weighted by atomic mass is 10.1. The Bertz CT molecular complexity index is 798. The van der Waals surface area contributed by atoms with Gasteiger partial charge in [-0.05, 0) is 37.1 Å². The third-order valence-electron chi connectivity index (χ3n) is 3.11. The Morgan fingerprint density at radius 1 is 1.25 bits per heavy atom. The summed E-state index contributed by atoms with van der Waals surface area (Å²) in [5, 5.41) is 1.21. The fourth-order valence-corrected chi connectivity index (χ4v) is 3.28. The van der Waals surface area contributed by atoms with E-state index < -0.39 is 0 Å². The van der Waals surface area contributed by atoms with Crippen LogP contribution >= 0.6 is 22.9 Å². The number of nitrogens with zero attached hydrogens (tertiary/aromatic N) is 2. The summed E-state index contributed by atoms with van der Waals surface area (Å²) in [6.07, 6.45) is 0.922. The Balaban J connectivity index is 2.21. The van der Waals surface area contributed by atoms with Gasteiger partial charge in [-0.2, -0.15) is 0 Å². The van der Waals surface area contributed by atoms with Crippen molar-refractivity contribution in [2.75, 3.05) is 0 Å². The molecule has 0 aliphatic carbocycles. The lowest BCUT2D eigenvalue weighted by Gasteiger charge is -2.04. The zero-order valence-corrected chi connectivity index (χ0v) is 12.6. The van der Waals surface area contributed by atoms with E-state index in [0.717, 1.165) is 22.2 Å². The molecule has 0 unspecified atom stereocenters. The summed E-state index contributed by atoms with van der Waals surface area (Å²) in [5.74, 6) is 0.0113. The second-order valence-corrected chi connectivity index (χ2v) is 6.08. The Labute approximate surface area is 125 Å². The van der Waals surface area contributed by atoms with Gasteiger partial charge in [0.15, 0.2) is 5.82 Å².